The van der Waals surface area contributed by atoms with Crippen LogP contribution in [-0.4, -0.2) is 9.97 Å². The summed E-state index contributed by atoms with van der Waals surface area (Å²) in [6.07, 6.45) is 1.75. The molecule has 0 aliphatic heterocycles. The first-order valence-corrected chi connectivity index (χ1v) is 5.41. The second-order valence-corrected chi connectivity index (χ2v) is 3.96. The molecule has 0 spiro atoms. The van der Waals surface area contributed by atoms with Gasteiger partial charge in [-0.05, 0) is 17.7 Å². The van der Waals surface area contributed by atoms with Crippen LogP contribution in [0.1, 0.15) is 0 Å². The normalized spacial score (nSPS) is 10.8. The molecule has 0 bridgehead atoms. The van der Waals surface area contributed by atoms with Gasteiger partial charge in [-0.15, -0.1) is 0 Å². The molecule has 2 heterocycles. The maximum atomic E-state index is 6.21. The number of nitrogens with zero attached hydrogens (tertiary/aromatic N) is 1. The van der Waals surface area contributed by atoms with Crippen LogP contribution in [0.5, 0.6) is 0 Å². The van der Waals surface area contributed by atoms with Crippen molar-refractivity contribution in [3.8, 4) is 11.1 Å². The van der Waals surface area contributed by atoms with E-state index in [-0.39, 0.29) is 0 Å². The molecule has 0 saturated carbocycles. The van der Waals surface area contributed by atoms with Gasteiger partial charge in [-0.1, -0.05) is 41.9 Å². The van der Waals surface area contributed by atoms with Crippen molar-refractivity contribution < 1.29 is 0 Å². The molecule has 3 heteroatoms. The first kappa shape index (κ1) is 9.43. The van der Waals surface area contributed by atoms with Crippen LogP contribution in [0.25, 0.3) is 22.2 Å². The molecule has 0 amide bonds. The molecule has 0 saturated heterocycles. The quantitative estimate of drug-likeness (QED) is 0.673. The third kappa shape index (κ3) is 1.39. The minimum atomic E-state index is 0.639. The summed E-state index contributed by atoms with van der Waals surface area (Å²) in [4.78, 5) is 7.33. The standard InChI is InChI=1S/C13H9ClN2/c14-12-11(9-5-2-1-3-6-9)10-7-4-8-15-13(10)16-12/h1-8H,(H,15,16). The molecule has 3 rings (SSSR count). The van der Waals surface area contributed by atoms with Gasteiger partial charge in [0, 0.05) is 17.1 Å². The van der Waals surface area contributed by atoms with Crippen molar-refractivity contribution in [2.24, 2.45) is 0 Å². The molecule has 0 radical (unpaired) electrons. The zero-order valence-electron chi connectivity index (χ0n) is 8.44. The van der Waals surface area contributed by atoms with Crippen molar-refractivity contribution in [3.05, 3.63) is 53.8 Å². The first-order valence-electron chi connectivity index (χ1n) is 5.04. The van der Waals surface area contributed by atoms with E-state index in [1.165, 1.54) is 0 Å². The summed E-state index contributed by atoms with van der Waals surface area (Å²) < 4.78 is 0. The van der Waals surface area contributed by atoms with Gasteiger partial charge in [0.05, 0.1) is 0 Å². The second-order valence-electron chi connectivity index (χ2n) is 3.58. The molecule has 0 unspecified atom stereocenters. The topological polar surface area (TPSA) is 28.7 Å². The number of aromatic nitrogens is 2. The zero-order valence-corrected chi connectivity index (χ0v) is 9.20. The fraction of sp³-hybridized carbons (Fsp3) is 0. The SMILES string of the molecule is Clc1[nH]c2ncccc2c1-c1ccccc1. The van der Waals surface area contributed by atoms with Gasteiger partial charge in [-0.3, -0.25) is 0 Å². The van der Waals surface area contributed by atoms with Crippen LogP contribution in [0.2, 0.25) is 5.15 Å². The van der Waals surface area contributed by atoms with E-state index >= 15 is 0 Å². The molecular formula is C13H9ClN2. The molecule has 78 valence electrons. The Kier molecular flexibility index (Phi) is 2.15. The Hall–Kier alpha value is -1.80. The van der Waals surface area contributed by atoms with E-state index in [9.17, 15) is 0 Å². The summed E-state index contributed by atoms with van der Waals surface area (Å²) in [7, 11) is 0. The van der Waals surface area contributed by atoms with Gasteiger partial charge in [0.2, 0.25) is 0 Å². The summed E-state index contributed by atoms with van der Waals surface area (Å²) in [6.45, 7) is 0. The lowest BCUT2D eigenvalue weighted by Gasteiger charge is -1.99. The van der Waals surface area contributed by atoms with Gasteiger partial charge in [0.1, 0.15) is 10.8 Å². The van der Waals surface area contributed by atoms with Crippen molar-refractivity contribution in [2.75, 3.05) is 0 Å². The van der Waals surface area contributed by atoms with Crippen molar-refractivity contribution in [3.63, 3.8) is 0 Å². The minimum absolute atomic E-state index is 0.639. The van der Waals surface area contributed by atoms with Gasteiger partial charge in [-0.2, -0.15) is 0 Å². The zero-order chi connectivity index (χ0) is 11.0. The average molecular weight is 229 g/mol. The van der Waals surface area contributed by atoms with Crippen LogP contribution in [0, 0.1) is 0 Å². The summed E-state index contributed by atoms with van der Waals surface area (Å²) in [5.41, 5.74) is 2.95. The number of nitrogens with one attached hydrogen (secondary N) is 1. The lowest BCUT2D eigenvalue weighted by molar-refractivity contribution is 1.33. The van der Waals surface area contributed by atoms with Gasteiger partial charge in [0.15, 0.2) is 0 Å². The second kappa shape index (κ2) is 3.65. The molecule has 0 aliphatic rings. The number of benzene rings is 1. The highest BCUT2D eigenvalue weighted by Crippen LogP contribution is 2.34. The molecule has 0 atom stereocenters. The van der Waals surface area contributed by atoms with Crippen LogP contribution < -0.4 is 0 Å². The van der Waals surface area contributed by atoms with E-state index in [2.05, 4.69) is 9.97 Å². The maximum Gasteiger partial charge on any atom is 0.139 e. The Morgan fingerprint density at radius 3 is 2.62 bits per heavy atom. The first-order chi connectivity index (χ1) is 7.86. The van der Waals surface area contributed by atoms with E-state index in [0.29, 0.717) is 5.15 Å². The minimum Gasteiger partial charge on any atom is -0.330 e. The third-order valence-electron chi connectivity index (χ3n) is 2.59. The van der Waals surface area contributed by atoms with Crippen LogP contribution >= 0.6 is 11.6 Å². The summed E-state index contributed by atoms with van der Waals surface area (Å²) in [6, 6.07) is 14.0. The highest BCUT2D eigenvalue weighted by molar-refractivity contribution is 6.34. The number of hydrogen-bond donors (Lipinski definition) is 1. The third-order valence-corrected chi connectivity index (χ3v) is 2.87. The number of fused-ring (bicyclic) bond motifs is 1. The largest absolute Gasteiger partial charge is 0.330 e. The van der Waals surface area contributed by atoms with Crippen LogP contribution in [0.15, 0.2) is 48.7 Å². The number of rotatable bonds is 1. The van der Waals surface area contributed by atoms with Crippen molar-refractivity contribution in [1.82, 2.24) is 9.97 Å². The lowest BCUT2D eigenvalue weighted by atomic mass is 10.1. The van der Waals surface area contributed by atoms with Gasteiger partial charge in [-0.25, -0.2) is 4.98 Å². The monoisotopic (exact) mass is 228 g/mol. The van der Waals surface area contributed by atoms with Gasteiger partial charge >= 0.3 is 0 Å². The lowest BCUT2D eigenvalue weighted by Crippen LogP contribution is -1.76. The van der Waals surface area contributed by atoms with Crippen molar-refractivity contribution in [2.45, 2.75) is 0 Å². The van der Waals surface area contributed by atoms with E-state index in [0.717, 1.165) is 22.2 Å². The Morgan fingerprint density at radius 2 is 1.81 bits per heavy atom. The van der Waals surface area contributed by atoms with Gasteiger partial charge < -0.3 is 4.98 Å². The fourth-order valence-corrected chi connectivity index (χ4v) is 2.18. The molecule has 0 aliphatic carbocycles. The summed E-state index contributed by atoms with van der Waals surface area (Å²) >= 11 is 6.21. The van der Waals surface area contributed by atoms with Crippen LogP contribution in [0.3, 0.4) is 0 Å². The number of hydrogen-bond acceptors (Lipinski definition) is 1. The number of H-pyrrole nitrogens is 1. The smallest absolute Gasteiger partial charge is 0.139 e. The predicted molar refractivity (Wildman–Crippen MR) is 66.5 cm³/mol. The van der Waals surface area contributed by atoms with E-state index < -0.39 is 0 Å². The molecule has 1 N–H and O–H groups in total. The molecule has 2 nitrogen and oxygen atoms in total. The molecule has 2 aromatic heterocycles. The van der Waals surface area contributed by atoms with Crippen LogP contribution in [-0.2, 0) is 0 Å². The van der Waals surface area contributed by atoms with E-state index in [4.69, 9.17) is 11.6 Å². The predicted octanol–water partition coefficient (Wildman–Crippen LogP) is 3.88. The highest BCUT2D eigenvalue weighted by atomic mass is 35.5. The number of aromatic amines is 1. The molecule has 3 aromatic rings. The Morgan fingerprint density at radius 1 is 1.00 bits per heavy atom. The van der Waals surface area contributed by atoms with Crippen molar-refractivity contribution in [1.29, 1.82) is 0 Å². The fourth-order valence-electron chi connectivity index (χ4n) is 1.88. The molecule has 16 heavy (non-hydrogen) atoms. The van der Waals surface area contributed by atoms with E-state index in [1.54, 1.807) is 6.20 Å². The maximum absolute atomic E-state index is 6.21. The number of halogens is 1. The molecule has 0 fully saturated rings. The summed E-state index contributed by atoms with van der Waals surface area (Å²) in [5, 5.41) is 1.69. The van der Waals surface area contributed by atoms with E-state index in [1.807, 2.05) is 42.5 Å². The summed E-state index contributed by atoms with van der Waals surface area (Å²) in [5.74, 6) is 0. The number of pyridine rings is 1. The van der Waals surface area contributed by atoms with Gasteiger partial charge in [0.25, 0.3) is 0 Å². The van der Waals surface area contributed by atoms with Crippen LogP contribution in [0.4, 0.5) is 0 Å². The molecular weight excluding hydrogens is 220 g/mol. The molecule has 1 aromatic carbocycles. The Balaban J connectivity index is 2.35. The Bertz CT molecular complexity index is 629. The average Bonchev–Trinajstić information content (AvgIpc) is 2.66. The van der Waals surface area contributed by atoms with Crippen molar-refractivity contribution >= 4 is 22.6 Å². The highest BCUT2D eigenvalue weighted by Gasteiger charge is 2.11. The Labute approximate surface area is 97.9 Å².